The minimum absolute atomic E-state index is 0. The molecule has 130 valence electrons. The fraction of sp³-hybridized carbons (Fsp3) is 0.400. The summed E-state index contributed by atoms with van der Waals surface area (Å²) in [7, 11) is 6.54. The van der Waals surface area contributed by atoms with Gasteiger partial charge in [0.2, 0.25) is 0 Å². The molecule has 24 heavy (non-hydrogen) atoms. The van der Waals surface area contributed by atoms with Crippen LogP contribution in [0.3, 0.4) is 0 Å². The van der Waals surface area contributed by atoms with Gasteiger partial charge in [-0.3, -0.25) is 0 Å². The molecule has 4 heteroatoms. The molecule has 1 heterocycles. The zero-order valence-electron chi connectivity index (χ0n) is 14.6. The van der Waals surface area contributed by atoms with Gasteiger partial charge in [0.25, 0.3) is 0 Å². The molecule has 0 aliphatic carbocycles. The Labute approximate surface area is 162 Å². The molecule has 3 nitrogen and oxygen atoms in total. The van der Waals surface area contributed by atoms with E-state index < -0.39 is 5.60 Å². The molecule has 0 bridgehead atoms. The van der Waals surface area contributed by atoms with Crippen LogP contribution in [0.5, 0.6) is 0 Å². The Hall–Kier alpha value is -0.950. The third-order valence-electron chi connectivity index (χ3n) is 4.27. The lowest BCUT2D eigenvalue weighted by Crippen LogP contribution is -3.00. The first-order valence-electron chi connectivity index (χ1n) is 8.17. The minimum Gasteiger partial charge on any atom is -1.00 e. The van der Waals surface area contributed by atoms with Gasteiger partial charge in [0, 0.05) is 0 Å². The van der Waals surface area contributed by atoms with Gasteiger partial charge in [0.15, 0.2) is 0 Å². The molecule has 0 N–H and O–H groups in total. The summed E-state index contributed by atoms with van der Waals surface area (Å²) in [6.07, 6.45) is 0.135. The maximum atomic E-state index is 6.46. The highest BCUT2D eigenvalue weighted by Gasteiger charge is 2.41. The second-order valence-electron chi connectivity index (χ2n) is 7.28. The third kappa shape index (κ3) is 4.36. The molecule has 2 aromatic carbocycles. The quantitative estimate of drug-likeness (QED) is 0.496. The Morgan fingerprint density at radius 3 is 1.79 bits per heavy atom. The second kappa shape index (κ2) is 7.95. The molecule has 1 saturated heterocycles. The highest BCUT2D eigenvalue weighted by Crippen LogP contribution is 2.37. The fourth-order valence-corrected chi connectivity index (χ4v) is 3.19. The number of benzene rings is 2. The van der Waals surface area contributed by atoms with Crippen LogP contribution in [0.25, 0.3) is 0 Å². The van der Waals surface area contributed by atoms with Crippen molar-refractivity contribution in [2.24, 2.45) is 0 Å². The second-order valence-corrected chi connectivity index (χ2v) is 7.28. The number of ether oxygens (including phenoxy) is 2. The summed E-state index contributed by atoms with van der Waals surface area (Å²) in [4.78, 5) is 0. The van der Waals surface area contributed by atoms with E-state index in [9.17, 15) is 0 Å². The number of rotatable bonds is 4. The van der Waals surface area contributed by atoms with E-state index in [1.165, 1.54) is 0 Å². The molecule has 0 unspecified atom stereocenters. The molecule has 1 aliphatic heterocycles. The van der Waals surface area contributed by atoms with Gasteiger partial charge in [-0.2, -0.15) is 0 Å². The Kier molecular flexibility index (Phi) is 6.42. The van der Waals surface area contributed by atoms with Crippen LogP contribution >= 0.6 is 0 Å². The molecule has 1 fully saturated rings. The summed E-state index contributed by atoms with van der Waals surface area (Å²) >= 11 is 0. The van der Waals surface area contributed by atoms with Gasteiger partial charge < -0.3 is 37.9 Å². The van der Waals surface area contributed by atoms with Crippen molar-refractivity contribution in [3.05, 3.63) is 71.8 Å². The van der Waals surface area contributed by atoms with E-state index in [1.807, 2.05) is 12.1 Å². The van der Waals surface area contributed by atoms with Crippen molar-refractivity contribution in [1.82, 2.24) is 0 Å². The Morgan fingerprint density at radius 2 is 1.42 bits per heavy atom. The molecule has 0 spiro atoms. The molecule has 0 amide bonds. The first-order chi connectivity index (χ1) is 11.0. The van der Waals surface area contributed by atoms with Crippen LogP contribution in [-0.4, -0.2) is 51.5 Å². The standard InChI is InChI=1S/C20H26NO2.HI/c1-21(2,3)14-19-15-23-20(16-22-19,17-10-6-4-7-11-17)18-12-8-5-9-13-18;/h4-13,19H,14-16H2,1-3H3;1H/q+1;/p-1/t19-;/m1./s1. The third-order valence-corrected chi connectivity index (χ3v) is 4.27. The van der Waals surface area contributed by atoms with Gasteiger partial charge in [-0.25, -0.2) is 0 Å². The van der Waals surface area contributed by atoms with Gasteiger partial charge in [0.1, 0.15) is 18.2 Å². The highest BCUT2D eigenvalue weighted by molar-refractivity contribution is 5.37. The molecule has 1 atom stereocenters. The van der Waals surface area contributed by atoms with E-state index in [2.05, 4.69) is 69.7 Å². The maximum Gasteiger partial charge on any atom is 0.141 e. The number of hydrogen-bond acceptors (Lipinski definition) is 2. The average Bonchev–Trinajstić information content (AvgIpc) is 2.56. The van der Waals surface area contributed by atoms with Crippen molar-refractivity contribution >= 4 is 0 Å². The molecule has 1 aliphatic rings. The maximum absolute atomic E-state index is 6.46. The average molecular weight is 439 g/mol. The summed E-state index contributed by atoms with van der Waals surface area (Å²) < 4.78 is 13.6. The zero-order chi connectivity index (χ0) is 16.3. The van der Waals surface area contributed by atoms with Crippen LogP contribution in [0, 0.1) is 0 Å². The summed E-state index contributed by atoms with van der Waals surface area (Å²) in [5.41, 5.74) is 1.79. The van der Waals surface area contributed by atoms with E-state index in [-0.39, 0.29) is 30.1 Å². The number of hydrogen-bond donors (Lipinski definition) is 0. The zero-order valence-corrected chi connectivity index (χ0v) is 16.8. The molecular formula is C20H26INO2. The van der Waals surface area contributed by atoms with Gasteiger partial charge >= 0.3 is 0 Å². The van der Waals surface area contributed by atoms with Crippen molar-refractivity contribution in [2.45, 2.75) is 11.7 Å². The van der Waals surface area contributed by atoms with E-state index in [1.54, 1.807) is 0 Å². The van der Waals surface area contributed by atoms with Crippen molar-refractivity contribution in [2.75, 3.05) is 40.9 Å². The Morgan fingerprint density at radius 1 is 0.917 bits per heavy atom. The number of likely N-dealkylation sites (N-methyl/N-ethyl adjacent to an activating group) is 1. The minimum atomic E-state index is -0.510. The summed E-state index contributed by atoms with van der Waals surface area (Å²) in [5.74, 6) is 0. The summed E-state index contributed by atoms with van der Waals surface area (Å²) in [6.45, 7) is 2.10. The Bertz CT molecular complexity index is 576. The SMILES string of the molecule is C[N+](C)(C)C[C@@H]1COC(c2ccccc2)(c2ccccc2)CO1.[I-]. The molecular weight excluding hydrogens is 413 g/mol. The van der Waals surface area contributed by atoms with Crippen molar-refractivity contribution in [1.29, 1.82) is 0 Å². The fourth-order valence-electron chi connectivity index (χ4n) is 3.19. The van der Waals surface area contributed by atoms with Crippen LogP contribution in [0.1, 0.15) is 11.1 Å². The monoisotopic (exact) mass is 439 g/mol. The lowest BCUT2D eigenvalue weighted by molar-refractivity contribution is -0.874. The number of nitrogens with zero attached hydrogens (tertiary/aromatic N) is 1. The predicted molar refractivity (Wildman–Crippen MR) is 92.3 cm³/mol. The molecule has 3 rings (SSSR count). The van der Waals surface area contributed by atoms with Gasteiger partial charge in [-0.1, -0.05) is 60.7 Å². The van der Waals surface area contributed by atoms with Gasteiger partial charge in [-0.15, -0.1) is 0 Å². The molecule has 0 saturated carbocycles. The topological polar surface area (TPSA) is 18.5 Å². The number of halogens is 1. The van der Waals surface area contributed by atoms with Crippen LogP contribution in [0.15, 0.2) is 60.7 Å². The lowest BCUT2D eigenvalue weighted by atomic mass is 9.86. The molecule has 0 aromatic heterocycles. The van der Waals surface area contributed by atoms with Crippen LogP contribution in [0.2, 0.25) is 0 Å². The van der Waals surface area contributed by atoms with Crippen LogP contribution < -0.4 is 24.0 Å². The first-order valence-corrected chi connectivity index (χ1v) is 8.17. The number of quaternary nitrogens is 1. The molecule has 2 aromatic rings. The van der Waals surface area contributed by atoms with Crippen LogP contribution in [-0.2, 0) is 15.1 Å². The van der Waals surface area contributed by atoms with E-state index >= 15 is 0 Å². The van der Waals surface area contributed by atoms with Crippen LogP contribution in [0.4, 0.5) is 0 Å². The van der Waals surface area contributed by atoms with Gasteiger partial charge in [0.05, 0.1) is 34.4 Å². The van der Waals surface area contributed by atoms with Crippen molar-refractivity contribution < 1.29 is 37.9 Å². The van der Waals surface area contributed by atoms with E-state index in [0.717, 1.165) is 22.2 Å². The lowest BCUT2D eigenvalue weighted by Gasteiger charge is -2.42. The summed E-state index contributed by atoms with van der Waals surface area (Å²) in [5, 5.41) is 0. The van der Waals surface area contributed by atoms with E-state index in [4.69, 9.17) is 9.47 Å². The first kappa shape index (κ1) is 19.4. The predicted octanol–water partition coefficient (Wildman–Crippen LogP) is 0.0558. The van der Waals surface area contributed by atoms with Crippen molar-refractivity contribution in [3.8, 4) is 0 Å². The van der Waals surface area contributed by atoms with E-state index in [0.29, 0.717) is 13.2 Å². The smallest absolute Gasteiger partial charge is 0.141 e. The Balaban J connectivity index is 0.00000208. The highest BCUT2D eigenvalue weighted by atomic mass is 127. The van der Waals surface area contributed by atoms with Gasteiger partial charge in [-0.05, 0) is 11.1 Å². The normalized spacial score (nSPS) is 20.2. The summed E-state index contributed by atoms with van der Waals surface area (Å²) in [6, 6.07) is 20.8. The largest absolute Gasteiger partial charge is 1.00 e. The van der Waals surface area contributed by atoms with Crippen molar-refractivity contribution in [3.63, 3.8) is 0 Å². The molecule has 0 radical (unpaired) electrons.